The Morgan fingerprint density at radius 1 is 1.10 bits per heavy atom. The number of ether oxygens (including phenoxy) is 1. The van der Waals surface area contributed by atoms with Crippen LogP contribution in [0.5, 0.6) is 0 Å². The average Bonchev–Trinajstić information content (AvgIpc) is 3.58. The average molecular weight is 566 g/mol. The van der Waals surface area contributed by atoms with E-state index in [1.165, 1.54) is 6.42 Å². The van der Waals surface area contributed by atoms with E-state index < -0.39 is 29.6 Å². The van der Waals surface area contributed by atoms with Gasteiger partial charge >= 0.3 is 0 Å². The van der Waals surface area contributed by atoms with E-state index in [-0.39, 0.29) is 30.3 Å². The highest BCUT2D eigenvalue weighted by atomic mass is 35.5. The van der Waals surface area contributed by atoms with Crippen LogP contribution in [0.1, 0.15) is 37.7 Å². The van der Waals surface area contributed by atoms with Crippen molar-refractivity contribution in [3.63, 3.8) is 0 Å². The van der Waals surface area contributed by atoms with E-state index >= 15 is 0 Å². The highest BCUT2D eigenvalue weighted by Crippen LogP contribution is 2.55. The molecule has 0 radical (unpaired) electrons. The van der Waals surface area contributed by atoms with Crippen molar-refractivity contribution in [2.24, 2.45) is 11.8 Å². The molecule has 2 N–H and O–H groups in total. The van der Waals surface area contributed by atoms with Crippen LogP contribution in [-0.4, -0.2) is 52.7 Å². The SMILES string of the molecule is CSc1cccc(NC(=O)[C@H]2[C@H]3C=C[C@]4(O3)[C@H](C(=O)NC3CCCCC3)N(Cc3ccccc3Cl)C(=O)[C@@H]24)c1. The van der Waals surface area contributed by atoms with Crippen molar-refractivity contribution in [1.82, 2.24) is 10.2 Å². The number of likely N-dealkylation sites (tertiary alicyclic amines) is 1. The Balaban J connectivity index is 1.33. The van der Waals surface area contributed by atoms with Gasteiger partial charge in [0.15, 0.2) is 0 Å². The molecule has 3 amide bonds. The summed E-state index contributed by atoms with van der Waals surface area (Å²) in [4.78, 5) is 44.4. The Kier molecular flexibility index (Phi) is 7.20. The zero-order chi connectivity index (χ0) is 27.1. The van der Waals surface area contributed by atoms with Crippen LogP contribution in [0.3, 0.4) is 0 Å². The number of benzene rings is 2. The van der Waals surface area contributed by atoms with Crippen molar-refractivity contribution in [3.05, 3.63) is 71.3 Å². The van der Waals surface area contributed by atoms with Gasteiger partial charge in [0.25, 0.3) is 0 Å². The first-order valence-corrected chi connectivity index (χ1v) is 15.2. The number of anilines is 1. The van der Waals surface area contributed by atoms with Crippen LogP contribution in [0.2, 0.25) is 5.02 Å². The highest BCUT2D eigenvalue weighted by Gasteiger charge is 2.72. The molecular formula is C30H32ClN3O4S. The Bertz CT molecular complexity index is 1330. The number of nitrogens with one attached hydrogen (secondary N) is 2. The predicted molar refractivity (Wildman–Crippen MR) is 151 cm³/mol. The van der Waals surface area contributed by atoms with Crippen molar-refractivity contribution in [2.75, 3.05) is 11.6 Å². The number of thioether (sulfide) groups is 1. The number of rotatable bonds is 7. The molecule has 0 aromatic heterocycles. The molecule has 39 heavy (non-hydrogen) atoms. The maximum atomic E-state index is 14.2. The van der Waals surface area contributed by atoms with Gasteiger partial charge in [0.1, 0.15) is 11.6 Å². The molecule has 9 heteroatoms. The number of carbonyl (C=O) groups excluding carboxylic acids is 3. The molecule has 7 nitrogen and oxygen atoms in total. The normalized spacial score (nSPS) is 29.5. The number of amides is 3. The lowest BCUT2D eigenvalue weighted by atomic mass is 9.74. The van der Waals surface area contributed by atoms with Crippen LogP contribution in [0.4, 0.5) is 5.69 Å². The summed E-state index contributed by atoms with van der Waals surface area (Å²) in [6.07, 6.45) is 10.2. The molecule has 6 rings (SSSR count). The Hall–Kier alpha value is -2.81. The van der Waals surface area contributed by atoms with Gasteiger partial charge in [-0.2, -0.15) is 0 Å². The minimum atomic E-state index is -1.20. The fourth-order valence-corrected chi connectivity index (χ4v) is 7.36. The van der Waals surface area contributed by atoms with Gasteiger partial charge in [-0.05, 0) is 48.9 Å². The van der Waals surface area contributed by atoms with Crippen LogP contribution in [0.15, 0.2) is 65.6 Å². The van der Waals surface area contributed by atoms with E-state index in [4.69, 9.17) is 16.3 Å². The van der Waals surface area contributed by atoms with Gasteiger partial charge in [-0.25, -0.2) is 0 Å². The van der Waals surface area contributed by atoms with Gasteiger partial charge < -0.3 is 20.3 Å². The zero-order valence-electron chi connectivity index (χ0n) is 21.8. The second-order valence-corrected chi connectivity index (χ2v) is 12.1. The number of fused-ring (bicyclic) bond motifs is 1. The fraction of sp³-hybridized carbons (Fsp3) is 0.433. The topological polar surface area (TPSA) is 87.7 Å². The molecular weight excluding hydrogens is 534 g/mol. The summed E-state index contributed by atoms with van der Waals surface area (Å²) in [6.45, 7) is 0.158. The first kappa shape index (κ1) is 26.4. The lowest BCUT2D eigenvalue weighted by Crippen LogP contribution is -2.56. The first-order valence-electron chi connectivity index (χ1n) is 13.6. The lowest BCUT2D eigenvalue weighted by molar-refractivity contribution is -0.142. The second-order valence-electron chi connectivity index (χ2n) is 10.8. The Morgan fingerprint density at radius 3 is 2.67 bits per heavy atom. The third kappa shape index (κ3) is 4.66. The van der Waals surface area contributed by atoms with E-state index in [2.05, 4.69) is 10.6 Å². The number of hydrogen-bond donors (Lipinski definition) is 2. The maximum Gasteiger partial charge on any atom is 0.246 e. The molecule has 2 aromatic carbocycles. The molecule has 5 atom stereocenters. The fourth-order valence-electron chi connectivity index (χ4n) is 6.70. The molecule has 0 unspecified atom stereocenters. The Morgan fingerprint density at radius 2 is 1.90 bits per heavy atom. The van der Waals surface area contributed by atoms with Gasteiger partial charge in [0.2, 0.25) is 17.7 Å². The van der Waals surface area contributed by atoms with Crippen molar-refractivity contribution < 1.29 is 19.1 Å². The molecule has 204 valence electrons. The van der Waals surface area contributed by atoms with Crippen LogP contribution in [0.25, 0.3) is 0 Å². The molecule has 2 saturated heterocycles. The van der Waals surface area contributed by atoms with Gasteiger partial charge in [-0.15, -0.1) is 11.8 Å². The zero-order valence-corrected chi connectivity index (χ0v) is 23.3. The van der Waals surface area contributed by atoms with Crippen LogP contribution >= 0.6 is 23.4 Å². The summed E-state index contributed by atoms with van der Waals surface area (Å²) in [5, 5.41) is 6.74. The van der Waals surface area contributed by atoms with E-state index in [0.717, 1.165) is 36.1 Å². The predicted octanol–water partition coefficient (Wildman–Crippen LogP) is 4.80. The van der Waals surface area contributed by atoms with Gasteiger partial charge in [0.05, 0.1) is 17.9 Å². The van der Waals surface area contributed by atoms with Gasteiger partial charge in [-0.1, -0.05) is 67.3 Å². The maximum absolute atomic E-state index is 14.2. The minimum Gasteiger partial charge on any atom is -0.359 e. The molecule has 4 aliphatic rings. The third-order valence-corrected chi connectivity index (χ3v) is 9.61. The summed E-state index contributed by atoms with van der Waals surface area (Å²) in [5.41, 5.74) is 0.204. The molecule has 1 spiro atoms. The standard InChI is InChI=1S/C30H32ClN3O4S/c1-39-21-12-7-11-20(16-21)33-27(35)24-23-14-15-30(38-23)25(24)29(37)34(17-18-8-5-6-13-22(18)31)26(30)28(36)32-19-9-3-2-4-10-19/h5-8,11-16,19,23-26H,2-4,9-10,17H2,1H3,(H,32,36)(H,33,35)/t23-,24+,25-,26+,30-/m1/s1. The summed E-state index contributed by atoms with van der Waals surface area (Å²) < 4.78 is 6.46. The molecule has 1 aliphatic carbocycles. The van der Waals surface area contributed by atoms with E-state index in [1.807, 2.05) is 60.9 Å². The van der Waals surface area contributed by atoms with Gasteiger partial charge in [0, 0.05) is 28.2 Å². The third-order valence-electron chi connectivity index (χ3n) is 8.51. The second kappa shape index (κ2) is 10.6. The van der Waals surface area contributed by atoms with Crippen LogP contribution in [0, 0.1) is 11.8 Å². The van der Waals surface area contributed by atoms with Crippen molar-refractivity contribution >= 4 is 46.8 Å². The monoisotopic (exact) mass is 565 g/mol. The van der Waals surface area contributed by atoms with Crippen molar-refractivity contribution in [2.45, 2.75) is 67.3 Å². The molecule has 1 saturated carbocycles. The number of nitrogens with zero attached hydrogens (tertiary/aromatic N) is 1. The highest BCUT2D eigenvalue weighted by molar-refractivity contribution is 7.98. The summed E-state index contributed by atoms with van der Waals surface area (Å²) in [5.74, 6) is -2.33. The quantitative estimate of drug-likeness (QED) is 0.372. The number of halogens is 1. The Labute approximate surface area is 237 Å². The lowest BCUT2D eigenvalue weighted by Gasteiger charge is -2.34. The molecule has 3 aliphatic heterocycles. The molecule has 2 bridgehead atoms. The molecule has 2 aromatic rings. The van der Waals surface area contributed by atoms with Gasteiger partial charge in [-0.3, -0.25) is 14.4 Å². The number of hydrogen-bond acceptors (Lipinski definition) is 5. The van der Waals surface area contributed by atoms with E-state index in [9.17, 15) is 14.4 Å². The van der Waals surface area contributed by atoms with Crippen molar-refractivity contribution in [3.8, 4) is 0 Å². The summed E-state index contributed by atoms with van der Waals surface area (Å²) >= 11 is 8.06. The summed E-state index contributed by atoms with van der Waals surface area (Å²) in [6, 6.07) is 14.1. The molecule has 3 heterocycles. The minimum absolute atomic E-state index is 0.0735. The van der Waals surface area contributed by atoms with E-state index in [0.29, 0.717) is 10.7 Å². The largest absolute Gasteiger partial charge is 0.359 e. The van der Waals surface area contributed by atoms with Crippen LogP contribution < -0.4 is 10.6 Å². The van der Waals surface area contributed by atoms with Crippen LogP contribution in [-0.2, 0) is 25.7 Å². The van der Waals surface area contributed by atoms with Crippen molar-refractivity contribution in [1.29, 1.82) is 0 Å². The summed E-state index contributed by atoms with van der Waals surface area (Å²) in [7, 11) is 0. The first-order chi connectivity index (χ1) is 18.9. The number of carbonyl (C=O) groups is 3. The smallest absolute Gasteiger partial charge is 0.246 e. The molecule has 3 fully saturated rings. The van der Waals surface area contributed by atoms with E-state index in [1.54, 1.807) is 22.7 Å².